The summed E-state index contributed by atoms with van der Waals surface area (Å²) in [4.78, 5) is 37.7. The average molecular weight is 463 g/mol. The Kier molecular flexibility index (Phi) is 8.07. The predicted molar refractivity (Wildman–Crippen MR) is 129 cm³/mol. The Balaban J connectivity index is 1.80. The molecule has 3 N–H and O–H groups in total. The summed E-state index contributed by atoms with van der Waals surface area (Å²) in [6, 6.07) is 17.8. The minimum Gasteiger partial charge on any atom is -0.493 e. The Bertz CT molecular complexity index is 1180. The first-order valence-corrected chi connectivity index (χ1v) is 10.4. The van der Waals surface area contributed by atoms with Crippen LogP contribution < -0.4 is 25.4 Å². The fourth-order valence-corrected chi connectivity index (χ4v) is 3.11. The number of urea groups is 1. The van der Waals surface area contributed by atoms with Gasteiger partial charge in [0.15, 0.2) is 11.5 Å². The van der Waals surface area contributed by atoms with Gasteiger partial charge in [-0.2, -0.15) is 0 Å². The molecule has 0 bridgehead atoms. The summed E-state index contributed by atoms with van der Waals surface area (Å²) in [6.07, 6.45) is 0. The molecule has 0 saturated carbocycles. The fraction of sp³-hybridized carbons (Fsp3) is 0.160. The highest BCUT2D eigenvalue weighted by atomic mass is 16.5. The number of benzene rings is 3. The maximum absolute atomic E-state index is 13.0. The van der Waals surface area contributed by atoms with Crippen LogP contribution in [-0.2, 0) is 4.74 Å². The van der Waals surface area contributed by atoms with Crippen molar-refractivity contribution in [1.82, 2.24) is 0 Å². The van der Waals surface area contributed by atoms with Gasteiger partial charge in [-0.3, -0.25) is 4.79 Å². The molecule has 0 spiro atoms. The van der Waals surface area contributed by atoms with Crippen molar-refractivity contribution in [2.75, 3.05) is 36.8 Å². The van der Waals surface area contributed by atoms with E-state index in [1.54, 1.807) is 49.4 Å². The molecule has 0 unspecified atom stereocenters. The van der Waals surface area contributed by atoms with Crippen LogP contribution in [0, 0.1) is 0 Å². The molecule has 0 radical (unpaired) electrons. The zero-order valence-corrected chi connectivity index (χ0v) is 19.0. The minimum absolute atomic E-state index is 0.115. The Morgan fingerprint density at radius 2 is 1.41 bits per heavy atom. The van der Waals surface area contributed by atoms with Crippen LogP contribution in [0.25, 0.3) is 0 Å². The van der Waals surface area contributed by atoms with Gasteiger partial charge in [0.2, 0.25) is 0 Å². The Labute approximate surface area is 197 Å². The van der Waals surface area contributed by atoms with Crippen LogP contribution in [0.5, 0.6) is 11.5 Å². The maximum Gasteiger partial charge on any atom is 0.340 e. The Hall–Kier alpha value is -4.53. The zero-order chi connectivity index (χ0) is 24.5. The molecule has 0 aliphatic carbocycles. The third-order valence-electron chi connectivity index (χ3n) is 4.68. The molecule has 3 aromatic rings. The van der Waals surface area contributed by atoms with Crippen molar-refractivity contribution < 1.29 is 28.6 Å². The molecular formula is C25H25N3O6. The predicted octanol–water partition coefficient (Wildman–Crippen LogP) is 4.78. The van der Waals surface area contributed by atoms with Crippen LogP contribution >= 0.6 is 0 Å². The van der Waals surface area contributed by atoms with Gasteiger partial charge in [-0.05, 0) is 37.3 Å². The van der Waals surface area contributed by atoms with Crippen LogP contribution in [0.15, 0.2) is 66.7 Å². The van der Waals surface area contributed by atoms with Gasteiger partial charge in [-0.1, -0.05) is 24.3 Å². The second-order valence-electron chi connectivity index (χ2n) is 6.95. The van der Waals surface area contributed by atoms with E-state index in [0.29, 0.717) is 22.9 Å². The third-order valence-corrected chi connectivity index (χ3v) is 4.68. The molecule has 3 rings (SSSR count). The molecule has 0 fully saturated rings. The van der Waals surface area contributed by atoms with Gasteiger partial charge in [0.25, 0.3) is 5.91 Å². The quantitative estimate of drug-likeness (QED) is 0.414. The number of esters is 1. The fourth-order valence-electron chi connectivity index (χ4n) is 3.11. The first-order chi connectivity index (χ1) is 16.4. The molecule has 0 aromatic heterocycles. The topological polar surface area (TPSA) is 115 Å². The zero-order valence-electron chi connectivity index (χ0n) is 19.0. The number of hydrogen-bond acceptors (Lipinski definition) is 6. The van der Waals surface area contributed by atoms with Crippen molar-refractivity contribution in [1.29, 1.82) is 0 Å². The van der Waals surface area contributed by atoms with Gasteiger partial charge in [0.1, 0.15) is 0 Å². The molecule has 0 aliphatic heterocycles. The molecule has 3 amide bonds. The van der Waals surface area contributed by atoms with Crippen LogP contribution in [0.3, 0.4) is 0 Å². The van der Waals surface area contributed by atoms with E-state index in [1.165, 1.54) is 32.4 Å². The second kappa shape index (κ2) is 11.4. The van der Waals surface area contributed by atoms with E-state index < -0.39 is 17.9 Å². The molecule has 0 atom stereocenters. The first-order valence-electron chi connectivity index (χ1n) is 10.4. The van der Waals surface area contributed by atoms with Crippen LogP contribution in [0.1, 0.15) is 27.6 Å². The van der Waals surface area contributed by atoms with Gasteiger partial charge >= 0.3 is 12.0 Å². The van der Waals surface area contributed by atoms with Crippen LogP contribution in [-0.4, -0.2) is 38.7 Å². The number of para-hydroxylation sites is 1. The summed E-state index contributed by atoms with van der Waals surface area (Å²) in [5, 5.41) is 8.10. The SMILES string of the molecule is CCOC(=O)c1cc(OC)c(OC)cc1NC(=O)c1cccc(NC(=O)Nc2ccccc2)c1. The Morgan fingerprint density at radius 3 is 2.09 bits per heavy atom. The highest BCUT2D eigenvalue weighted by Gasteiger charge is 2.20. The van der Waals surface area contributed by atoms with E-state index in [0.717, 1.165) is 0 Å². The van der Waals surface area contributed by atoms with Gasteiger partial charge in [0, 0.05) is 29.1 Å². The number of anilines is 3. The summed E-state index contributed by atoms with van der Waals surface area (Å²) in [6.45, 7) is 1.85. The van der Waals surface area contributed by atoms with Crippen molar-refractivity contribution >= 4 is 35.0 Å². The number of methoxy groups -OCH3 is 2. The summed E-state index contributed by atoms with van der Waals surface area (Å²) in [5.41, 5.74) is 1.63. The molecular weight excluding hydrogens is 438 g/mol. The normalized spacial score (nSPS) is 10.1. The Morgan fingerprint density at radius 1 is 0.765 bits per heavy atom. The van der Waals surface area contributed by atoms with E-state index in [-0.39, 0.29) is 23.4 Å². The molecule has 0 saturated heterocycles. The van der Waals surface area contributed by atoms with Crippen molar-refractivity contribution in [3.63, 3.8) is 0 Å². The number of ether oxygens (including phenoxy) is 3. The number of carbonyl (C=O) groups is 3. The largest absolute Gasteiger partial charge is 0.493 e. The van der Waals surface area contributed by atoms with Gasteiger partial charge in [-0.25, -0.2) is 9.59 Å². The molecule has 0 heterocycles. The second-order valence-corrected chi connectivity index (χ2v) is 6.95. The third kappa shape index (κ3) is 6.04. The molecule has 0 aliphatic rings. The lowest BCUT2D eigenvalue weighted by molar-refractivity contribution is 0.0527. The number of carbonyl (C=O) groups excluding carboxylic acids is 3. The number of rotatable bonds is 8. The standard InChI is InChI=1S/C25H25N3O6/c1-4-34-24(30)19-14-21(32-2)22(33-3)15-20(19)28-23(29)16-9-8-12-18(13-16)27-25(31)26-17-10-6-5-7-11-17/h5-15H,4H2,1-3H3,(H,28,29)(H2,26,27,31). The highest BCUT2D eigenvalue weighted by molar-refractivity contribution is 6.09. The first kappa shape index (κ1) is 24.1. The summed E-state index contributed by atoms with van der Waals surface area (Å²) < 4.78 is 15.6. The number of hydrogen-bond donors (Lipinski definition) is 3. The lowest BCUT2D eigenvalue weighted by Crippen LogP contribution is -2.20. The summed E-state index contributed by atoms with van der Waals surface area (Å²) in [5.74, 6) is -0.463. The van der Waals surface area contributed by atoms with Gasteiger partial charge < -0.3 is 30.2 Å². The van der Waals surface area contributed by atoms with E-state index in [9.17, 15) is 14.4 Å². The average Bonchev–Trinajstić information content (AvgIpc) is 2.84. The molecule has 9 nitrogen and oxygen atoms in total. The van der Waals surface area contributed by atoms with E-state index >= 15 is 0 Å². The van der Waals surface area contributed by atoms with Crippen molar-refractivity contribution in [2.45, 2.75) is 6.92 Å². The van der Waals surface area contributed by atoms with E-state index in [2.05, 4.69) is 16.0 Å². The van der Waals surface area contributed by atoms with E-state index in [1.807, 2.05) is 6.07 Å². The monoisotopic (exact) mass is 463 g/mol. The highest BCUT2D eigenvalue weighted by Crippen LogP contribution is 2.34. The summed E-state index contributed by atoms with van der Waals surface area (Å²) in [7, 11) is 2.89. The van der Waals surface area contributed by atoms with Crippen molar-refractivity contribution in [3.8, 4) is 11.5 Å². The number of amides is 3. The lowest BCUT2D eigenvalue weighted by Gasteiger charge is -2.15. The molecule has 3 aromatic carbocycles. The molecule has 176 valence electrons. The smallest absolute Gasteiger partial charge is 0.340 e. The van der Waals surface area contributed by atoms with Crippen molar-refractivity contribution in [2.24, 2.45) is 0 Å². The molecule has 9 heteroatoms. The minimum atomic E-state index is -0.619. The molecule has 34 heavy (non-hydrogen) atoms. The van der Waals surface area contributed by atoms with Crippen LogP contribution in [0.2, 0.25) is 0 Å². The number of nitrogens with one attached hydrogen (secondary N) is 3. The van der Waals surface area contributed by atoms with Gasteiger partial charge in [-0.15, -0.1) is 0 Å². The van der Waals surface area contributed by atoms with Crippen LogP contribution in [0.4, 0.5) is 21.9 Å². The van der Waals surface area contributed by atoms with Crippen molar-refractivity contribution in [3.05, 3.63) is 77.9 Å². The van der Waals surface area contributed by atoms with E-state index in [4.69, 9.17) is 14.2 Å². The van der Waals surface area contributed by atoms with Gasteiger partial charge in [0.05, 0.1) is 32.1 Å². The maximum atomic E-state index is 13.0. The summed E-state index contributed by atoms with van der Waals surface area (Å²) >= 11 is 0. The lowest BCUT2D eigenvalue weighted by atomic mass is 10.1.